The third kappa shape index (κ3) is 3.24. The molecule has 0 radical (unpaired) electrons. The first-order valence-corrected chi connectivity index (χ1v) is 10.9. The molecule has 0 amide bonds. The lowest BCUT2D eigenvalue weighted by Crippen LogP contribution is -2.64. The lowest BCUT2D eigenvalue weighted by Gasteiger charge is -2.50. The molecule has 1 aromatic carbocycles. The number of halogens is 1. The van der Waals surface area contributed by atoms with Crippen LogP contribution in [0.2, 0.25) is 0 Å². The Balaban J connectivity index is 1.34. The van der Waals surface area contributed by atoms with Gasteiger partial charge in [0.2, 0.25) is 5.88 Å². The van der Waals surface area contributed by atoms with Crippen molar-refractivity contribution < 1.29 is 14.2 Å². The first-order valence-electron chi connectivity index (χ1n) is 10.9. The first-order chi connectivity index (χ1) is 15.2. The maximum absolute atomic E-state index is 15.4. The van der Waals surface area contributed by atoms with E-state index in [1.54, 1.807) is 28.9 Å². The molecule has 0 spiro atoms. The molecule has 2 aromatic heterocycles. The van der Waals surface area contributed by atoms with Gasteiger partial charge in [0.1, 0.15) is 11.9 Å². The summed E-state index contributed by atoms with van der Waals surface area (Å²) in [4.78, 5) is 2.18. The van der Waals surface area contributed by atoms with Crippen molar-refractivity contribution >= 4 is 0 Å². The zero-order chi connectivity index (χ0) is 22.7. The Hall–Kier alpha value is -3.00. The number of piperidine rings is 1. The van der Waals surface area contributed by atoms with Crippen molar-refractivity contribution in [3.8, 4) is 28.6 Å². The van der Waals surface area contributed by atoms with E-state index in [1.165, 1.54) is 0 Å². The molecule has 5 rings (SSSR count). The molecule has 4 atom stereocenters. The molecule has 7 nitrogen and oxygen atoms in total. The molecule has 2 aliphatic rings. The summed E-state index contributed by atoms with van der Waals surface area (Å²) >= 11 is 0. The van der Waals surface area contributed by atoms with Crippen LogP contribution in [0.3, 0.4) is 0 Å². The van der Waals surface area contributed by atoms with Gasteiger partial charge in [-0.05, 0) is 64.9 Å². The standard InChI is InChI=1S/C24H28FN5O2/c1-15-9-12-30(28-15)16-5-6-17(19(31)13-16)18-7-8-21(27-26-18)32-20-14-23(2)10-11-24(3,22(20)25)29(23)4/h5-9,12-13,20,22,31H,10-11,14H2,1-4H3. The van der Waals surface area contributed by atoms with E-state index in [1.807, 2.05) is 39.2 Å². The Labute approximate surface area is 186 Å². The summed E-state index contributed by atoms with van der Waals surface area (Å²) in [6, 6.07) is 10.6. The number of nitrogens with zero attached hydrogens (tertiary/aromatic N) is 5. The zero-order valence-corrected chi connectivity index (χ0v) is 18.8. The van der Waals surface area contributed by atoms with Crippen LogP contribution in [-0.4, -0.2) is 60.4 Å². The number of alkyl halides is 1. The molecular weight excluding hydrogens is 409 g/mol. The summed E-state index contributed by atoms with van der Waals surface area (Å²) in [5.41, 5.74) is 2.11. The summed E-state index contributed by atoms with van der Waals surface area (Å²) in [6.07, 6.45) is 2.56. The molecule has 1 N–H and O–H groups in total. The number of hydrogen-bond donors (Lipinski definition) is 1. The Morgan fingerprint density at radius 1 is 1.12 bits per heavy atom. The van der Waals surface area contributed by atoms with Gasteiger partial charge < -0.3 is 9.84 Å². The number of ether oxygens (including phenoxy) is 1. The number of benzene rings is 1. The number of phenols is 1. The largest absolute Gasteiger partial charge is 0.507 e. The minimum atomic E-state index is -1.10. The molecule has 32 heavy (non-hydrogen) atoms. The van der Waals surface area contributed by atoms with Crippen molar-refractivity contribution in [1.29, 1.82) is 0 Å². The Kier molecular flexibility index (Phi) is 4.74. The number of aryl methyl sites for hydroxylation is 1. The zero-order valence-electron chi connectivity index (χ0n) is 18.8. The third-order valence-corrected chi connectivity index (χ3v) is 7.46. The number of phenolic OH excluding ortho intramolecular Hbond substituents is 1. The molecule has 168 valence electrons. The molecule has 2 saturated heterocycles. The maximum atomic E-state index is 15.4. The van der Waals surface area contributed by atoms with Gasteiger partial charge in [0, 0.05) is 35.9 Å². The van der Waals surface area contributed by atoms with Crippen LogP contribution in [0.25, 0.3) is 16.9 Å². The van der Waals surface area contributed by atoms with Crippen molar-refractivity contribution in [3.63, 3.8) is 0 Å². The van der Waals surface area contributed by atoms with Gasteiger partial charge in [-0.3, -0.25) is 4.90 Å². The fourth-order valence-corrected chi connectivity index (χ4v) is 5.19. The van der Waals surface area contributed by atoms with Gasteiger partial charge in [-0.1, -0.05) is 0 Å². The van der Waals surface area contributed by atoms with Crippen LogP contribution in [-0.2, 0) is 0 Å². The summed E-state index contributed by atoms with van der Waals surface area (Å²) < 4.78 is 23.0. The predicted molar refractivity (Wildman–Crippen MR) is 119 cm³/mol. The highest BCUT2D eigenvalue weighted by atomic mass is 19.1. The summed E-state index contributed by atoms with van der Waals surface area (Å²) in [5, 5.41) is 23.3. The molecule has 4 heterocycles. The van der Waals surface area contributed by atoms with Crippen LogP contribution in [0.1, 0.15) is 38.8 Å². The monoisotopic (exact) mass is 437 g/mol. The molecule has 2 aliphatic heterocycles. The molecule has 0 aliphatic carbocycles. The van der Waals surface area contributed by atoms with Crippen LogP contribution < -0.4 is 4.74 Å². The SMILES string of the molecule is Cc1ccn(-c2ccc(-c3ccc(OC4CC5(C)CCC(C)(C4F)N5C)nn3)c(O)c2)n1. The van der Waals surface area contributed by atoms with Crippen molar-refractivity contribution in [3.05, 3.63) is 48.3 Å². The van der Waals surface area contributed by atoms with Crippen LogP contribution in [0.5, 0.6) is 11.6 Å². The van der Waals surface area contributed by atoms with Crippen molar-refractivity contribution in [1.82, 2.24) is 24.9 Å². The van der Waals surface area contributed by atoms with Crippen molar-refractivity contribution in [2.75, 3.05) is 7.05 Å². The van der Waals surface area contributed by atoms with Gasteiger partial charge >= 0.3 is 0 Å². The second-order valence-corrected chi connectivity index (χ2v) is 9.54. The molecule has 3 aromatic rings. The normalized spacial score (nSPS) is 29.9. The summed E-state index contributed by atoms with van der Waals surface area (Å²) in [5.74, 6) is 0.371. The maximum Gasteiger partial charge on any atom is 0.233 e. The lowest BCUT2D eigenvalue weighted by molar-refractivity contribution is -0.0887. The van der Waals surface area contributed by atoms with Gasteiger partial charge in [-0.15, -0.1) is 10.2 Å². The number of rotatable bonds is 4. The van der Waals surface area contributed by atoms with Crippen molar-refractivity contribution in [2.45, 2.75) is 63.4 Å². The molecular formula is C24H28FN5O2. The number of aromatic hydroxyl groups is 1. The van der Waals surface area contributed by atoms with Crippen molar-refractivity contribution in [2.24, 2.45) is 0 Å². The Morgan fingerprint density at radius 3 is 2.59 bits per heavy atom. The second-order valence-electron chi connectivity index (χ2n) is 9.54. The average Bonchev–Trinajstić information content (AvgIpc) is 3.28. The molecule has 4 unspecified atom stereocenters. The highest BCUT2D eigenvalue weighted by molar-refractivity contribution is 5.68. The minimum Gasteiger partial charge on any atom is -0.507 e. The van der Waals surface area contributed by atoms with E-state index in [2.05, 4.69) is 27.1 Å². The highest BCUT2D eigenvalue weighted by Crippen LogP contribution is 2.51. The van der Waals surface area contributed by atoms with E-state index in [4.69, 9.17) is 4.74 Å². The number of hydrogen-bond acceptors (Lipinski definition) is 6. The second kappa shape index (κ2) is 7.27. The Morgan fingerprint density at radius 2 is 1.94 bits per heavy atom. The smallest absolute Gasteiger partial charge is 0.233 e. The van der Waals surface area contributed by atoms with Gasteiger partial charge in [0.25, 0.3) is 0 Å². The number of aromatic nitrogens is 4. The van der Waals surface area contributed by atoms with Gasteiger partial charge in [0.15, 0.2) is 6.17 Å². The fourth-order valence-electron chi connectivity index (χ4n) is 5.19. The highest BCUT2D eigenvalue weighted by Gasteiger charge is 2.60. The van der Waals surface area contributed by atoms with E-state index in [9.17, 15) is 5.11 Å². The molecule has 2 bridgehead atoms. The fraction of sp³-hybridized carbons (Fsp3) is 0.458. The third-order valence-electron chi connectivity index (χ3n) is 7.46. The number of fused-ring (bicyclic) bond motifs is 2. The molecule has 2 fully saturated rings. The van der Waals surface area contributed by atoms with Gasteiger partial charge in [-0.2, -0.15) is 5.10 Å². The van der Waals surface area contributed by atoms with E-state index in [0.29, 0.717) is 23.6 Å². The summed E-state index contributed by atoms with van der Waals surface area (Å²) in [7, 11) is 2.01. The van der Waals surface area contributed by atoms with Crippen LogP contribution >= 0.6 is 0 Å². The lowest BCUT2D eigenvalue weighted by atomic mass is 9.82. The van der Waals surface area contributed by atoms with E-state index >= 15 is 4.39 Å². The predicted octanol–water partition coefficient (Wildman–Crippen LogP) is 4.08. The van der Waals surface area contributed by atoms with Gasteiger partial charge in [0.05, 0.1) is 22.6 Å². The topological polar surface area (TPSA) is 76.3 Å². The van der Waals surface area contributed by atoms with Crippen LogP contribution in [0, 0.1) is 6.92 Å². The van der Waals surface area contributed by atoms with E-state index in [0.717, 1.165) is 24.2 Å². The minimum absolute atomic E-state index is 0.0734. The first kappa shape index (κ1) is 20.9. The molecule has 0 saturated carbocycles. The van der Waals surface area contributed by atoms with E-state index < -0.39 is 17.8 Å². The van der Waals surface area contributed by atoms with Crippen LogP contribution in [0.4, 0.5) is 4.39 Å². The molecule has 8 heteroatoms. The Bertz CT molecular complexity index is 1150. The quantitative estimate of drug-likeness (QED) is 0.663. The van der Waals surface area contributed by atoms with Gasteiger partial charge in [-0.25, -0.2) is 9.07 Å². The average molecular weight is 438 g/mol. The summed E-state index contributed by atoms with van der Waals surface area (Å²) in [6.45, 7) is 6.06. The van der Waals surface area contributed by atoms with Crippen LogP contribution in [0.15, 0.2) is 42.6 Å². The van der Waals surface area contributed by atoms with E-state index in [-0.39, 0.29) is 11.3 Å².